The Balaban J connectivity index is 1.32. The minimum Gasteiger partial charge on any atom is -0.335 e. The molecule has 0 spiro atoms. The zero-order valence-electron chi connectivity index (χ0n) is 17.3. The molecule has 4 aromatic rings. The normalized spacial score (nSPS) is 15.1. The predicted octanol–water partition coefficient (Wildman–Crippen LogP) is 2.49. The van der Waals surface area contributed by atoms with Crippen molar-refractivity contribution in [3.05, 3.63) is 42.1 Å². The molecule has 0 atom stereocenters. The molecule has 1 aliphatic heterocycles. The molecule has 1 saturated heterocycles. The third kappa shape index (κ3) is 3.77. The minimum absolute atomic E-state index is 0.0307. The molecule has 160 valence electrons. The molecule has 10 nitrogen and oxygen atoms in total. The number of rotatable bonds is 5. The molecule has 1 fully saturated rings. The molecule has 2 N–H and O–H groups in total. The molecular formula is C20H23N9OS. The molecule has 31 heavy (non-hydrogen) atoms. The van der Waals surface area contributed by atoms with E-state index in [9.17, 15) is 4.79 Å². The van der Waals surface area contributed by atoms with Gasteiger partial charge in [0.15, 0.2) is 16.6 Å². The Morgan fingerprint density at radius 3 is 2.71 bits per heavy atom. The first kappa shape index (κ1) is 19.6. The van der Waals surface area contributed by atoms with E-state index < -0.39 is 0 Å². The standard InChI is InChI=1S/C20H23N9OS/c1-13(2)27-5-7-28(8-6-27)19(30)16-12-23-20(31-16)26-17-18-21-3-4-29(18)15(11-22-17)14-9-24-25-10-14/h3-4,9-13H,5-8H2,1-2H3,(H,24,25)(H,22,23,26). The van der Waals surface area contributed by atoms with Crippen molar-refractivity contribution in [2.24, 2.45) is 0 Å². The van der Waals surface area contributed by atoms with Crippen LogP contribution in [0, 0.1) is 0 Å². The van der Waals surface area contributed by atoms with E-state index in [4.69, 9.17) is 0 Å². The van der Waals surface area contributed by atoms with Crippen LogP contribution in [0.1, 0.15) is 23.5 Å². The number of H-pyrrole nitrogens is 1. The van der Waals surface area contributed by atoms with Crippen molar-refractivity contribution >= 4 is 33.8 Å². The summed E-state index contributed by atoms with van der Waals surface area (Å²) >= 11 is 1.33. The first-order valence-electron chi connectivity index (χ1n) is 10.2. The summed E-state index contributed by atoms with van der Waals surface area (Å²) in [5.41, 5.74) is 2.47. The summed E-state index contributed by atoms with van der Waals surface area (Å²) in [5.74, 6) is 0.610. The van der Waals surface area contributed by atoms with Crippen LogP contribution < -0.4 is 5.32 Å². The average molecular weight is 438 g/mol. The highest BCUT2D eigenvalue weighted by atomic mass is 32.1. The van der Waals surface area contributed by atoms with E-state index in [2.05, 4.69) is 49.2 Å². The lowest BCUT2D eigenvalue weighted by Crippen LogP contribution is -2.50. The van der Waals surface area contributed by atoms with E-state index in [-0.39, 0.29) is 5.91 Å². The van der Waals surface area contributed by atoms with Gasteiger partial charge in [0, 0.05) is 56.4 Å². The number of amides is 1. The van der Waals surface area contributed by atoms with Crippen molar-refractivity contribution in [2.45, 2.75) is 19.9 Å². The van der Waals surface area contributed by atoms with Gasteiger partial charge in [-0.25, -0.2) is 15.0 Å². The minimum atomic E-state index is 0.0307. The largest absolute Gasteiger partial charge is 0.335 e. The van der Waals surface area contributed by atoms with E-state index in [1.54, 1.807) is 24.8 Å². The van der Waals surface area contributed by atoms with Gasteiger partial charge in [-0.2, -0.15) is 5.10 Å². The van der Waals surface area contributed by atoms with E-state index in [1.807, 2.05) is 21.7 Å². The van der Waals surface area contributed by atoms with Crippen molar-refractivity contribution < 1.29 is 4.79 Å². The van der Waals surface area contributed by atoms with E-state index in [1.165, 1.54) is 11.3 Å². The fourth-order valence-corrected chi connectivity index (χ4v) is 4.52. The van der Waals surface area contributed by atoms with Crippen molar-refractivity contribution in [1.29, 1.82) is 0 Å². The van der Waals surface area contributed by atoms with Crippen LogP contribution in [0.4, 0.5) is 10.9 Å². The molecule has 4 aromatic heterocycles. The average Bonchev–Trinajstić information content (AvgIpc) is 3.55. The van der Waals surface area contributed by atoms with Crippen LogP contribution >= 0.6 is 11.3 Å². The first-order valence-corrected chi connectivity index (χ1v) is 11.0. The fraction of sp³-hybridized carbons (Fsp3) is 0.350. The Morgan fingerprint density at radius 2 is 1.97 bits per heavy atom. The summed E-state index contributed by atoms with van der Waals surface area (Å²) in [6.45, 7) is 7.65. The molecule has 0 radical (unpaired) electrons. The highest BCUT2D eigenvalue weighted by molar-refractivity contribution is 7.17. The Labute approximate surface area is 183 Å². The van der Waals surface area contributed by atoms with E-state index >= 15 is 0 Å². The van der Waals surface area contributed by atoms with Crippen LogP contribution in [0.2, 0.25) is 0 Å². The number of aromatic amines is 1. The molecule has 5 rings (SSSR count). The van der Waals surface area contributed by atoms with E-state index in [0.717, 1.165) is 37.4 Å². The van der Waals surface area contributed by atoms with Crippen molar-refractivity contribution in [3.63, 3.8) is 0 Å². The Morgan fingerprint density at radius 1 is 1.13 bits per heavy atom. The number of thiazole rings is 1. The Kier molecular flexibility index (Phi) is 5.12. The van der Waals surface area contributed by atoms with Gasteiger partial charge in [0.25, 0.3) is 5.91 Å². The van der Waals surface area contributed by atoms with Crippen LogP contribution in [0.15, 0.2) is 37.2 Å². The van der Waals surface area contributed by atoms with Crippen LogP contribution in [0.5, 0.6) is 0 Å². The van der Waals surface area contributed by atoms with Crippen LogP contribution in [-0.4, -0.2) is 77.5 Å². The molecule has 0 aromatic carbocycles. The maximum Gasteiger partial charge on any atom is 0.265 e. The fourth-order valence-electron chi connectivity index (χ4n) is 3.74. The number of hydrogen-bond acceptors (Lipinski definition) is 8. The van der Waals surface area contributed by atoms with Gasteiger partial charge in [-0.1, -0.05) is 11.3 Å². The summed E-state index contributed by atoms with van der Waals surface area (Å²) in [7, 11) is 0. The molecule has 0 aliphatic carbocycles. The molecule has 1 aliphatic rings. The summed E-state index contributed by atoms with van der Waals surface area (Å²) < 4.78 is 1.94. The maximum atomic E-state index is 12.9. The lowest BCUT2D eigenvalue weighted by atomic mass is 10.2. The third-order valence-electron chi connectivity index (χ3n) is 5.50. The van der Waals surface area contributed by atoms with Crippen molar-refractivity contribution in [2.75, 3.05) is 31.5 Å². The van der Waals surface area contributed by atoms with Crippen LogP contribution in [0.3, 0.4) is 0 Å². The topological polar surface area (TPSA) is 107 Å². The number of aromatic nitrogens is 6. The number of anilines is 2. The zero-order valence-corrected chi connectivity index (χ0v) is 18.1. The summed E-state index contributed by atoms with van der Waals surface area (Å²) in [6.07, 6.45) is 10.5. The highest BCUT2D eigenvalue weighted by Gasteiger charge is 2.25. The van der Waals surface area contributed by atoms with Gasteiger partial charge in [-0.15, -0.1) is 0 Å². The molecule has 0 saturated carbocycles. The summed E-state index contributed by atoms with van der Waals surface area (Å²) in [4.78, 5) is 31.2. The SMILES string of the molecule is CC(C)N1CCN(C(=O)c2cnc(Nc3ncc(-c4cn[nH]c4)n4ccnc34)s2)CC1. The zero-order chi connectivity index (χ0) is 21.4. The Bertz CT molecular complexity index is 1190. The summed E-state index contributed by atoms with van der Waals surface area (Å²) in [6, 6.07) is 0.503. The monoisotopic (exact) mass is 437 g/mol. The second-order valence-corrected chi connectivity index (χ2v) is 8.71. The van der Waals surface area contributed by atoms with Crippen molar-refractivity contribution in [1.82, 2.24) is 39.3 Å². The number of hydrogen-bond donors (Lipinski definition) is 2. The van der Waals surface area contributed by atoms with Gasteiger partial charge < -0.3 is 10.2 Å². The van der Waals surface area contributed by atoms with Crippen molar-refractivity contribution in [3.8, 4) is 11.3 Å². The number of piperazine rings is 1. The van der Waals surface area contributed by atoms with Gasteiger partial charge >= 0.3 is 0 Å². The van der Waals surface area contributed by atoms with Gasteiger partial charge in [-0.05, 0) is 13.8 Å². The number of fused-ring (bicyclic) bond motifs is 1. The van der Waals surface area contributed by atoms with Crippen LogP contribution in [-0.2, 0) is 0 Å². The number of imidazole rings is 1. The second kappa shape index (κ2) is 8.08. The highest BCUT2D eigenvalue weighted by Crippen LogP contribution is 2.27. The lowest BCUT2D eigenvalue weighted by Gasteiger charge is -2.36. The van der Waals surface area contributed by atoms with Gasteiger partial charge in [0.2, 0.25) is 0 Å². The lowest BCUT2D eigenvalue weighted by molar-refractivity contribution is 0.0600. The molecule has 0 unspecified atom stereocenters. The van der Waals surface area contributed by atoms with E-state index in [0.29, 0.717) is 27.5 Å². The Hall–Kier alpha value is -3.31. The smallest absolute Gasteiger partial charge is 0.265 e. The van der Waals surface area contributed by atoms with Gasteiger partial charge in [0.1, 0.15) is 4.88 Å². The molecule has 0 bridgehead atoms. The molecule has 11 heteroatoms. The van der Waals surface area contributed by atoms with Gasteiger partial charge in [0.05, 0.1) is 24.3 Å². The molecule has 5 heterocycles. The summed E-state index contributed by atoms with van der Waals surface area (Å²) in [5, 5.41) is 10.6. The number of carbonyl (C=O) groups excluding carboxylic acids is 1. The number of nitrogens with zero attached hydrogens (tertiary/aromatic N) is 7. The van der Waals surface area contributed by atoms with Gasteiger partial charge in [-0.3, -0.25) is 19.2 Å². The second-order valence-electron chi connectivity index (χ2n) is 7.68. The number of nitrogens with one attached hydrogen (secondary N) is 2. The first-order chi connectivity index (χ1) is 15.1. The molecule has 1 amide bonds. The quantitative estimate of drug-likeness (QED) is 0.494. The molecular weight excluding hydrogens is 414 g/mol. The predicted molar refractivity (Wildman–Crippen MR) is 119 cm³/mol. The third-order valence-corrected chi connectivity index (χ3v) is 6.40. The van der Waals surface area contributed by atoms with Crippen LogP contribution in [0.25, 0.3) is 16.9 Å². The maximum absolute atomic E-state index is 12.9. The number of carbonyl (C=O) groups is 1.